The first-order chi connectivity index (χ1) is 9.42. The van der Waals surface area contributed by atoms with Crippen molar-refractivity contribution in [3.63, 3.8) is 0 Å². The van der Waals surface area contributed by atoms with E-state index in [1.54, 1.807) is 0 Å². The summed E-state index contributed by atoms with van der Waals surface area (Å²) >= 11 is 2.04. The van der Waals surface area contributed by atoms with Crippen molar-refractivity contribution in [2.75, 3.05) is 30.0 Å². The van der Waals surface area contributed by atoms with Gasteiger partial charge in [-0.15, -0.1) is 0 Å². The summed E-state index contributed by atoms with van der Waals surface area (Å²) in [6.45, 7) is 7.63. The van der Waals surface area contributed by atoms with Crippen molar-refractivity contribution in [3.05, 3.63) is 29.8 Å². The maximum atomic E-state index is 6.20. The van der Waals surface area contributed by atoms with E-state index in [1.165, 1.54) is 17.0 Å². The first-order valence-electron chi connectivity index (χ1n) is 7.53. The molecule has 0 spiro atoms. The third kappa shape index (κ3) is 3.15. The highest BCUT2D eigenvalue weighted by molar-refractivity contribution is 7.99. The Kier molecular flexibility index (Phi) is 4.70. The first kappa shape index (κ1) is 15.7. The van der Waals surface area contributed by atoms with E-state index in [0.29, 0.717) is 5.41 Å². The fraction of sp³-hybridized carbons (Fsp3) is 0.647. The zero-order chi connectivity index (χ0) is 14.8. The van der Waals surface area contributed by atoms with Crippen LogP contribution in [0.5, 0.6) is 0 Å². The zero-order valence-electron chi connectivity index (χ0n) is 13.3. The summed E-state index contributed by atoms with van der Waals surface area (Å²) in [5, 5.41) is 0. The van der Waals surface area contributed by atoms with Crippen molar-refractivity contribution < 1.29 is 0 Å². The molecule has 0 bridgehead atoms. The van der Waals surface area contributed by atoms with E-state index in [9.17, 15) is 0 Å². The molecule has 112 valence electrons. The van der Waals surface area contributed by atoms with Crippen molar-refractivity contribution in [1.82, 2.24) is 0 Å². The standard InChI is InChI=1S/C17H28N2S/c1-5-14-6-8-15(9-7-14)19(4)17(11-18)10-16(2,3)12-20-13-17/h6-9H,5,10-13,18H2,1-4H3. The number of nitrogens with two attached hydrogens (primary N) is 1. The molecule has 1 heterocycles. The van der Waals surface area contributed by atoms with Gasteiger partial charge in [-0.05, 0) is 41.7 Å². The lowest BCUT2D eigenvalue weighted by atomic mass is 9.78. The normalized spacial score (nSPS) is 25.4. The Labute approximate surface area is 128 Å². The van der Waals surface area contributed by atoms with Crippen molar-refractivity contribution in [2.24, 2.45) is 11.1 Å². The van der Waals surface area contributed by atoms with Gasteiger partial charge in [0.15, 0.2) is 0 Å². The molecule has 1 atom stereocenters. The Balaban J connectivity index is 2.25. The molecule has 0 amide bonds. The average molecular weight is 292 g/mol. The fourth-order valence-electron chi connectivity index (χ4n) is 3.22. The van der Waals surface area contributed by atoms with Crippen LogP contribution in [0.25, 0.3) is 0 Å². The number of thioether (sulfide) groups is 1. The van der Waals surface area contributed by atoms with Gasteiger partial charge in [0.1, 0.15) is 0 Å². The van der Waals surface area contributed by atoms with Crippen LogP contribution in [0.4, 0.5) is 5.69 Å². The quantitative estimate of drug-likeness (QED) is 0.920. The largest absolute Gasteiger partial charge is 0.367 e. The van der Waals surface area contributed by atoms with Crippen LogP contribution < -0.4 is 10.6 Å². The Morgan fingerprint density at radius 3 is 2.35 bits per heavy atom. The summed E-state index contributed by atoms with van der Waals surface area (Å²) in [5.41, 5.74) is 9.32. The molecule has 1 fully saturated rings. The van der Waals surface area contributed by atoms with E-state index in [-0.39, 0.29) is 5.54 Å². The smallest absolute Gasteiger partial charge is 0.0616 e. The second kappa shape index (κ2) is 5.98. The van der Waals surface area contributed by atoms with E-state index >= 15 is 0 Å². The topological polar surface area (TPSA) is 29.3 Å². The van der Waals surface area contributed by atoms with Gasteiger partial charge in [0.2, 0.25) is 0 Å². The molecule has 1 aromatic carbocycles. The van der Waals surface area contributed by atoms with Gasteiger partial charge in [-0.2, -0.15) is 11.8 Å². The number of nitrogens with zero attached hydrogens (tertiary/aromatic N) is 1. The van der Waals surface area contributed by atoms with Gasteiger partial charge >= 0.3 is 0 Å². The lowest BCUT2D eigenvalue weighted by Crippen LogP contribution is -2.59. The highest BCUT2D eigenvalue weighted by Gasteiger charge is 2.42. The minimum Gasteiger partial charge on any atom is -0.367 e. The third-order valence-corrected chi connectivity index (χ3v) is 6.22. The van der Waals surface area contributed by atoms with Crippen LogP contribution in [0, 0.1) is 5.41 Å². The highest BCUT2D eigenvalue weighted by atomic mass is 32.2. The lowest BCUT2D eigenvalue weighted by molar-refractivity contribution is 0.266. The Hall–Kier alpha value is -0.670. The predicted molar refractivity (Wildman–Crippen MR) is 91.7 cm³/mol. The molecular formula is C17H28N2S. The molecule has 1 unspecified atom stereocenters. The second-order valence-corrected chi connectivity index (χ2v) is 7.83. The van der Waals surface area contributed by atoms with Gasteiger partial charge in [-0.3, -0.25) is 0 Å². The van der Waals surface area contributed by atoms with Gasteiger partial charge in [0.05, 0.1) is 5.54 Å². The maximum Gasteiger partial charge on any atom is 0.0616 e. The SMILES string of the molecule is CCc1ccc(N(C)C2(CN)CSCC(C)(C)C2)cc1. The summed E-state index contributed by atoms with van der Waals surface area (Å²) in [4.78, 5) is 2.42. The summed E-state index contributed by atoms with van der Waals surface area (Å²) in [6.07, 6.45) is 2.25. The number of hydrogen-bond acceptors (Lipinski definition) is 3. The molecular weight excluding hydrogens is 264 g/mol. The van der Waals surface area contributed by atoms with E-state index < -0.39 is 0 Å². The van der Waals surface area contributed by atoms with Crippen molar-refractivity contribution in [1.29, 1.82) is 0 Å². The molecule has 1 aromatic rings. The number of benzene rings is 1. The number of hydrogen-bond donors (Lipinski definition) is 1. The molecule has 2 N–H and O–H groups in total. The van der Waals surface area contributed by atoms with Crippen molar-refractivity contribution in [3.8, 4) is 0 Å². The minimum absolute atomic E-state index is 0.0835. The monoisotopic (exact) mass is 292 g/mol. The molecule has 3 heteroatoms. The number of anilines is 1. The van der Waals surface area contributed by atoms with Crippen LogP contribution in [0.1, 0.15) is 32.8 Å². The van der Waals surface area contributed by atoms with Gasteiger partial charge in [-0.1, -0.05) is 32.9 Å². The zero-order valence-corrected chi connectivity index (χ0v) is 14.1. The minimum atomic E-state index is 0.0835. The fourth-order valence-corrected chi connectivity index (χ4v) is 4.77. The Morgan fingerprint density at radius 1 is 1.20 bits per heavy atom. The van der Waals surface area contributed by atoms with Crippen LogP contribution in [-0.4, -0.2) is 30.6 Å². The molecule has 0 saturated carbocycles. The van der Waals surface area contributed by atoms with Gasteiger partial charge in [0, 0.05) is 25.0 Å². The van der Waals surface area contributed by atoms with Gasteiger partial charge in [0.25, 0.3) is 0 Å². The lowest BCUT2D eigenvalue weighted by Gasteiger charge is -2.50. The molecule has 0 radical (unpaired) electrons. The summed E-state index contributed by atoms with van der Waals surface area (Å²) in [6, 6.07) is 8.94. The van der Waals surface area contributed by atoms with Crippen molar-refractivity contribution >= 4 is 17.4 Å². The molecule has 2 rings (SSSR count). The molecule has 0 aliphatic carbocycles. The molecule has 1 aliphatic rings. The van der Waals surface area contributed by atoms with E-state index in [4.69, 9.17) is 5.73 Å². The molecule has 1 aliphatic heterocycles. The van der Waals surface area contributed by atoms with Gasteiger partial charge < -0.3 is 10.6 Å². The summed E-state index contributed by atoms with van der Waals surface area (Å²) in [7, 11) is 2.20. The molecule has 0 aromatic heterocycles. The van der Waals surface area contributed by atoms with Crippen LogP contribution in [0.2, 0.25) is 0 Å². The highest BCUT2D eigenvalue weighted by Crippen LogP contribution is 2.42. The number of aryl methyl sites for hydroxylation is 1. The predicted octanol–water partition coefficient (Wildman–Crippen LogP) is 3.55. The maximum absolute atomic E-state index is 6.20. The second-order valence-electron chi connectivity index (χ2n) is 6.84. The molecule has 1 saturated heterocycles. The van der Waals surface area contributed by atoms with Crippen LogP contribution in [-0.2, 0) is 6.42 Å². The van der Waals surface area contributed by atoms with Crippen LogP contribution >= 0.6 is 11.8 Å². The van der Waals surface area contributed by atoms with E-state index in [1.807, 2.05) is 11.8 Å². The van der Waals surface area contributed by atoms with E-state index in [0.717, 1.165) is 25.1 Å². The number of rotatable bonds is 4. The summed E-state index contributed by atoms with van der Waals surface area (Å²) in [5.74, 6) is 2.36. The molecule has 20 heavy (non-hydrogen) atoms. The number of likely N-dealkylation sites (N-methyl/N-ethyl adjacent to an activating group) is 1. The Morgan fingerprint density at radius 2 is 1.85 bits per heavy atom. The average Bonchev–Trinajstić information content (AvgIpc) is 2.45. The summed E-state index contributed by atoms with van der Waals surface area (Å²) < 4.78 is 0. The van der Waals surface area contributed by atoms with Crippen LogP contribution in [0.3, 0.4) is 0 Å². The Bertz CT molecular complexity index is 441. The molecule has 2 nitrogen and oxygen atoms in total. The van der Waals surface area contributed by atoms with Crippen molar-refractivity contribution in [2.45, 2.75) is 39.2 Å². The third-order valence-electron chi connectivity index (χ3n) is 4.49. The van der Waals surface area contributed by atoms with E-state index in [2.05, 4.69) is 57.0 Å². The first-order valence-corrected chi connectivity index (χ1v) is 8.68. The van der Waals surface area contributed by atoms with Crippen LogP contribution in [0.15, 0.2) is 24.3 Å². The van der Waals surface area contributed by atoms with Gasteiger partial charge in [-0.25, -0.2) is 0 Å².